The molecule has 0 atom stereocenters. The second kappa shape index (κ2) is 15.1. The maximum Gasteiger partial charge on any atom is 0.251 e. The normalized spacial score (nSPS) is 15.0. The third-order valence-electron chi connectivity index (χ3n) is 14.6. The fraction of sp³-hybridized carbons (Fsp3) is 0.429. The molecule has 6 aromatic carbocycles. The van der Waals surface area contributed by atoms with Crippen LogP contribution in [0.25, 0.3) is 33.4 Å². The number of benzene rings is 6. The zero-order valence-electron chi connectivity index (χ0n) is 43.8. The molecular weight excluding hydrogens is 784 g/mol. The average molecular weight is 861 g/mol. The Morgan fingerprint density at radius 3 is 1.20 bits per heavy atom. The monoisotopic (exact) mass is 861 g/mol. The van der Waals surface area contributed by atoms with E-state index in [0.29, 0.717) is 0 Å². The summed E-state index contributed by atoms with van der Waals surface area (Å²) >= 11 is 0. The van der Waals surface area contributed by atoms with Gasteiger partial charge in [-0.05, 0) is 152 Å². The Morgan fingerprint density at radius 2 is 0.769 bits per heavy atom. The van der Waals surface area contributed by atoms with E-state index in [2.05, 4.69) is 242 Å². The van der Waals surface area contributed by atoms with Crippen molar-refractivity contribution in [3.05, 3.63) is 148 Å². The summed E-state index contributed by atoms with van der Waals surface area (Å²) in [5.41, 5.74) is 22.2. The molecule has 0 saturated carbocycles. The minimum Gasteiger partial charge on any atom is -0.458 e. The Balaban J connectivity index is 1.44. The van der Waals surface area contributed by atoms with Crippen LogP contribution < -0.4 is 21.1 Å². The Morgan fingerprint density at radius 1 is 0.354 bits per heavy atom. The lowest BCUT2D eigenvalue weighted by atomic mass is 9.30. The smallest absolute Gasteiger partial charge is 0.251 e. The largest absolute Gasteiger partial charge is 0.458 e. The highest BCUT2D eigenvalue weighted by Gasteiger charge is 2.47. The molecule has 0 bridgehead atoms. The van der Waals surface area contributed by atoms with Crippen molar-refractivity contribution in [1.29, 1.82) is 0 Å². The lowest BCUT2D eigenvalue weighted by Gasteiger charge is -2.45. The van der Waals surface area contributed by atoms with Crippen LogP contribution >= 0.6 is 0 Å². The van der Waals surface area contributed by atoms with Crippen molar-refractivity contribution in [2.24, 2.45) is 0 Å². The minimum absolute atomic E-state index is 0.000740. The number of ether oxygens (including phenoxy) is 1. The van der Waals surface area contributed by atoms with E-state index in [1.807, 2.05) is 0 Å². The van der Waals surface area contributed by atoms with Crippen LogP contribution in [0, 0.1) is 0 Å². The Bertz CT molecular complexity index is 2700. The van der Waals surface area contributed by atoms with E-state index in [1.165, 1.54) is 94.3 Å². The van der Waals surface area contributed by atoms with Gasteiger partial charge in [-0.3, -0.25) is 0 Å². The summed E-state index contributed by atoms with van der Waals surface area (Å²) in [6.45, 7) is 47.0. The lowest BCUT2D eigenvalue weighted by molar-refractivity contribution is 0.479. The van der Waals surface area contributed by atoms with E-state index in [1.54, 1.807) is 0 Å². The molecule has 0 radical (unpaired) electrons. The first-order chi connectivity index (χ1) is 29.7. The van der Waals surface area contributed by atoms with Crippen LogP contribution in [0.5, 0.6) is 11.5 Å². The quantitative estimate of drug-likeness (QED) is 0.161. The summed E-state index contributed by atoms with van der Waals surface area (Å²) in [7, 11) is 0. The molecule has 2 heterocycles. The van der Waals surface area contributed by atoms with Crippen molar-refractivity contribution in [1.82, 2.24) is 0 Å². The minimum atomic E-state index is -0.249. The second-order valence-electron chi connectivity index (χ2n) is 26.5. The summed E-state index contributed by atoms with van der Waals surface area (Å²) < 4.78 is 6.95. The molecule has 0 aliphatic carbocycles. The topological polar surface area (TPSA) is 9.23 Å². The molecule has 338 valence electrons. The molecule has 0 unspecified atom stereocenters. The van der Waals surface area contributed by atoms with Crippen LogP contribution in [-0.2, 0) is 37.9 Å². The molecule has 0 fully saturated rings. The van der Waals surface area contributed by atoms with Gasteiger partial charge in [0.15, 0.2) is 0 Å². The number of hydrogen-bond acceptors (Lipinski definition) is 1. The van der Waals surface area contributed by atoms with Gasteiger partial charge < -0.3 is 4.74 Å². The Kier molecular flexibility index (Phi) is 10.9. The summed E-state index contributed by atoms with van der Waals surface area (Å²) in [6.07, 6.45) is 0. The van der Waals surface area contributed by atoms with Gasteiger partial charge in [-0.25, -0.2) is 0 Å². The lowest BCUT2D eigenvalue weighted by Crippen LogP contribution is -2.63. The molecule has 0 N–H and O–H groups in total. The van der Waals surface area contributed by atoms with Crippen LogP contribution in [-0.4, -0.2) is 6.71 Å². The molecule has 0 amide bonds. The summed E-state index contributed by atoms with van der Waals surface area (Å²) in [5, 5.41) is 0. The van der Waals surface area contributed by atoms with E-state index in [4.69, 9.17) is 4.74 Å². The van der Waals surface area contributed by atoms with Gasteiger partial charge in [0.25, 0.3) is 6.71 Å². The van der Waals surface area contributed by atoms with Crippen molar-refractivity contribution in [2.45, 2.75) is 176 Å². The Hall–Kier alpha value is -4.82. The van der Waals surface area contributed by atoms with Crippen LogP contribution in [0.2, 0.25) is 0 Å². The van der Waals surface area contributed by atoms with Gasteiger partial charge in [0.05, 0.1) is 0 Å². The highest BCUT2D eigenvalue weighted by Crippen LogP contribution is 2.46. The maximum absolute atomic E-state index is 6.95. The van der Waals surface area contributed by atoms with Gasteiger partial charge in [-0.15, -0.1) is 0 Å². The van der Waals surface area contributed by atoms with Crippen molar-refractivity contribution in [2.75, 3.05) is 0 Å². The molecule has 1 nitrogen and oxygen atoms in total. The summed E-state index contributed by atoms with van der Waals surface area (Å²) in [4.78, 5) is 0. The highest BCUT2D eigenvalue weighted by molar-refractivity contribution is 6.98. The second-order valence-corrected chi connectivity index (χ2v) is 26.5. The number of rotatable bonds is 3. The summed E-state index contributed by atoms with van der Waals surface area (Å²) in [5.74, 6) is 1.95. The molecular formula is C63H77BO. The molecule has 65 heavy (non-hydrogen) atoms. The van der Waals surface area contributed by atoms with Crippen LogP contribution in [0.4, 0.5) is 0 Å². The van der Waals surface area contributed by atoms with Crippen LogP contribution in [0.15, 0.2) is 103 Å². The predicted molar refractivity (Wildman–Crippen MR) is 285 cm³/mol. The molecule has 2 aliphatic heterocycles. The van der Waals surface area contributed by atoms with Gasteiger partial charge in [-0.1, -0.05) is 217 Å². The first kappa shape index (κ1) is 46.7. The van der Waals surface area contributed by atoms with Gasteiger partial charge in [-0.2, -0.15) is 0 Å². The first-order valence-electron chi connectivity index (χ1n) is 24.4. The molecule has 6 aromatic rings. The van der Waals surface area contributed by atoms with E-state index >= 15 is 0 Å². The summed E-state index contributed by atoms with van der Waals surface area (Å²) in [6, 6.07) is 41.1. The highest BCUT2D eigenvalue weighted by atomic mass is 16.5. The molecule has 2 aliphatic rings. The number of hydrogen-bond donors (Lipinski definition) is 0. The van der Waals surface area contributed by atoms with Crippen molar-refractivity contribution < 1.29 is 4.74 Å². The zero-order chi connectivity index (χ0) is 47.8. The maximum atomic E-state index is 6.95. The van der Waals surface area contributed by atoms with E-state index in [9.17, 15) is 0 Å². The van der Waals surface area contributed by atoms with Gasteiger partial charge in [0, 0.05) is 5.41 Å². The average Bonchev–Trinajstić information content (AvgIpc) is 3.19. The Labute approximate surface area is 394 Å². The third-order valence-corrected chi connectivity index (χ3v) is 14.6. The standard InChI is InChI=1S/C63H77BO/c1-57(2,3)44-22-25-53-52(37-44)64-51-34-38(21-23-49(51)63(19,20)55-50(62(16,17)18)24-26-54(65-53)56(55)64)39-27-40(42-30-45(58(4,5)6)35-46(31-42)59(7,8)9)29-41(28-39)43-32-47(60(10,11)12)36-48(33-43)61(13,14)15/h21-37H,1-20H3. The van der Waals surface area contributed by atoms with E-state index < -0.39 is 0 Å². The molecule has 0 saturated heterocycles. The van der Waals surface area contributed by atoms with Gasteiger partial charge in [0.1, 0.15) is 11.5 Å². The van der Waals surface area contributed by atoms with Crippen molar-refractivity contribution >= 4 is 23.1 Å². The van der Waals surface area contributed by atoms with Crippen molar-refractivity contribution in [3.8, 4) is 44.9 Å². The molecule has 8 rings (SSSR count). The van der Waals surface area contributed by atoms with Crippen LogP contribution in [0.1, 0.15) is 183 Å². The van der Waals surface area contributed by atoms with Gasteiger partial charge in [0.2, 0.25) is 0 Å². The van der Waals surface area contributed by atoms with E-state index in [-0.39, 0.29) is 44.6 Å². The predicted octanol–water partition coefficient (Wildman–Crippen LogP) is 15.7. The van der Waals surface area contributed by atoms with Crippen molar-refractivity contribution in [3.63, 3.8) is 0 Å². The fourth-order valence-corrected chi connectivity index (χ4v) is 10.3. The molecule has 0 spiro atoms. The first-order valence-corrected chi connectivity index (χ1v) is 24.4. The molecule has 0 aromatic heterocycles. The zero-order valence-corrected chi connectivity index (χ0v) is 43.8. The van der Waals surface area contributed by atoms with Gasteiger partial charge >= 0.3 is 0 Å². The SMILES string of the molecule is CC(C)(C)c1cc(-c2cc(-c3cc(C(C)(C)C)cc(C(C)(C)C)c3)cc(-c3ccc4c(c3)B3c5cc(C(C)(C)C)ccc5Oc5ccc(C(C)(C)C)c(c53)C4(C)C)c2)cc(C(C)(C)C)c1. The third kappa shape index (κ3) is 8.58. The van der Waals surface area contributed by atoms with E-state index in [0.717, 1.165) is 11.5 Å². The molecule has 2 heteroatoms. The van der Waals surface area contributed by atoms with Crippen LogP contribution in [0.3, 0.4) is 0 Å². The fourth-order valence-electron chi connectivity index (χ4n) is 10.3. The number of fused-ring (bicyclic) bond motifs is 4.